The number of carbonyl (C=O) groups excluding carboxylic acids is 2. The molecule has 2 N–H and O–H groups in total. The Hall–Kier alpha value is -3.67. The summed E-state index contributed by atoms with van der Waals surface area (Å²) in [7, 11) is 0. The third-order valence-corrected chi connectivity index (χ3v) is 4.52. The van der Waals surface area contributed by atoms with Gasteiger partial charge in [0, 0.05) is 12.0 Å². The van der Waals surface area contributed by atoms with Crippen molar-refractivity contribution in [3.05, 3.63) is 84.1 Å². The smallest absolute Gasteiger partial charge is 0.408 e. The average Bonchev–Trinajstić information content (AvgIpc) is 2.74. The van der Waals surface area contributed by atoms with Gasteiger partial charge in [-0.25, -0.2) is 4.79 Å². The van der Waals surface area contributed by atoms with Crippen molar-refractivity contribution in [1.29, 1.82) is 0 Å². The zero-order chi connectivity index (χ0) is 19.3. The Morgan fingerprint density at radius 3 is 2.50 bits per heavy atom. The quantitative estimate of drug-likeness (QED) is 0.733. The lowest BCUT2D eigenvalue weighted by Gasteiger charge is -2.24. The van der Waals surface area contributed by atoms with E-state index in [0.717, 1.165) is 22.5 Å². The maximum absolute atomic E-state index is 12.3. The number of nitrogens with one attached hydrogen (secondary N) is 2. The number of nitrogens with zero attached hydrogens (tertiary/aromatic N) is 1. The van der Waals surface area contributed by atoms with Crippen molar-refractivity contribution in [1.82, 2.24) is 10.3 Å². The van der Waals surface area contributed by atoms with E-state index in [0.29, 0.717) is 12.1 Å². The van der Waals surface area contributed by atoms with Gasteiger partial charge in [0.1, 0.15) is 12.6 Å². The third-order valence-electron chi connectivity index (χ3n) is 4.52. The van der Waals surface area contributed by atoms with Crippen LogP contribution in [0.5, 0.6) is 0 Å². The molecule has 28 heavy (non-hydrogen) atoms. The van der Waals surface area contributed by atoms with Gasteiger partial charge in [-0.05, 0) is 17.7 Å². The highest BCUT2D eigenvalue weighted by molar-refractivity contribution is 5.99. The number of hydrogen-bond acceptors (Lipinski definition) is 4. The fourth-order valence-corrected chi connectivity index (χ4v) is 3.07. The maximum atomic E-state index is 12.3. The first kappa shape index (κ1) is 17.7. The lowest BCUT2D eigenvalue weighted by atomic mass is 10.0. The van der Waals surface area contributed by atoms with E-state index in [9.17, 15) is 9.59 Å². The molecule has 0 bridgehead atoms. The molecule has 1 unspecified atom stereocenters. The molecule has 1 aliphatic rings. The Morgan fingerprint density at radius 1 is 1.04 bits per heavy atom. The van der Waals surface area contributed by atoms with Crippen LogP contribution in [0.4, 0.5) is 10.5 Å². The molecular weight excluding hydrogens is 354 g/mol. The van der Waals surface area contributed by atoms with Crippen molar-refractivity contribution in [2.45, 2.75) is 19.1 Å². The van der Waals surface area contributed by atoms with Crippen LogP contribution in [0, 0.1) is 0 Å². The Labute approximate surface area is 162 Å². The molecule has 6 heteroatoms. The normalized spacial score (nSPS) is 15.3. The molecule has 6 nitrogen and oxygen atoms in total. The molecule has 0 aliphatic carbocycles. The summed E-state index contributed by atoms with van der Waals surface area (Å²) in [6.07, 6.45) is -0.325. The number of rotatable bonds is 4. The predicted molar refractivity (Wildman–Crippen MR) is 106 cm³/mol. The van der Waals surface area contributed by atoms with Crippen molar-refractivity contribution in [3.8, 4) is 11.3 Å². The summed E-state index contributed by atoms with van der Waals surface area (Å²) in [5.41, 5.74) is 4.09. The Kier molecular flexibility index (Phi) is 5.01. The van der Waals surface area contributed by atoms with Crippen molar-refractivity contribution in [3.63, 3.8) is 0 Å². The van der Waals surface area contributed by atoms with E-state index in [-0.39, 0.29) is 12.5 Å². The highest BCUT2D eigenvalue weighted by Crippen LogP contribution is 2.25. The van der Waals surface area contributed by atoms with Gasteiger partial charge in [0.05, 0.1) is 17.1 Å². The second-order valence-corrected chi connectivity index (χ2v) is 6.51. The Balaban J connectivity index is 1.43. The monoisotopic (exact) mass is 373 g/mol. The zero-order valence-corrected chi connectivity index (χ0v) is 15.1. The van der Waals surface area contributed by atoms with Gasteiger partial charge in [0.15, 0.2) is 0 Å². The molecule has 0 spiro atoms. The van der Waals surface area contributed by atoms with E-state index in [4.69, 9.17) is 4.74 Å². The number of alkyl carbamates (subject to hydrolysis) is 1. The number of fused-ring (bicyclic) bond motifs is 1. The molecule has 0 saturated heterocycles. The van der Waals surface area contributed by atoms with Crippen LogP contribution in [0.1, 0.15) is 11.3 Å². The standard InChI is InChI=1S/C22H19N3O3/c26-21-20(25-22(27)28-14-15-7-3-1-4-8-15)13-19-18(24-21)12-11-17(23-19)16-9-5-2-6-10-16/h1-12,20H,13-14H2,(H,24,26)(H,25,27). The molecule has 2 heterocycles. The molecule has 3 aromatic rings. The minimum atomic E-state index is -0.728. The van der Waals surface area contributed by atoms with Crippen molar-refractivity contribution in [2.24, 2.45) is 0 Å². The molecule has 0 saturated carbocycles. The zero-order valence-electron chi connectivity index (χ0n) is 15.1. The largest absolute Gasteiger partial charge is 0.445 e. The van der Waals surface area contributed by atoms with E-state index >= 15 is 0 Å². The average molecular weight is 373 g/mol. The molecule has 0 fully saturated rings. The minimum absolute atomic E-state index is 0.147. The minimum Gasteiger partial charge on any atom is -0.445 e. The number of ether oxygens (including phenoxy) is 1. The number of anilines is 1. The molecule has 140 valence electrons. The van der Waals surface area contributed by atoms with Crippen molar-refractivity contribution >= 4 is 17.7 Å². The number of hydrogen-bond donors (Lipinski definition) is 2. The molecule has 0 radical (unpaired) electrons. The number of aromatic nitrogens is 1. The van der Waals surface area contributed by atoms with Gasteiger partial charge in [0.25, 0.3) is 0 Å². The molecule has 1 aromatic heterocycles. The van der Waals surface area contributed by atoms with Crippen LogP contribution in [0.2, 0.25) is 0 Å². The van der Waals surface area contributed by atoms with Crippen molar-refractivity contribution in [2.75, 3.05) is 5.32 Å². The second kappa shape index (κ2) is 7.92. The first-order chi connectivity index (χ1) is 13.7. The summed E-state index contributed by atoms with van der Waals surface area (Å²) in [5, 5.41) is 5.42. The molecule has 1 atom stereocenters. The van der Waals surface area contributed by atoms with Crippen LogP contribution < -0.4 is 10.6 Å². The van der Waals surface area contributed by atoms with Gasteiger partial charge in [0.2, 0.25) is 5.91 Å². The van der Waals surface area contributed by atoms with Crippen LogP contribution in [-0.2, 0) is 22.6 Å². The van der Waals surface area contributed by atoms with Gasteiger partial charge in [-0.3, -0.25) is 9.78 Å². The van der Waals surface area contributed by atoms with Gasteiger partial charge in [-0.2, -0.15) is 0 Å². The van der Waals surface area contributed by atoms with E-state index in [2.05, 4.69) is 15.6 Å². The Morgan fingerprint density at radius 2 is 1.75 bits per heavy atom. The molecule has 1 aliphatic heterocycles. The van der Waals surface area contributed by atoms with Crippen molar-refractivity contribution < 1.29 is 14.3 Å². The molecule has 4 rings (SSSR count). The summed E-state index contributed by atoms with van der Waals surface area (Å²) >= 11 is 0. The number of amides is 2. The van der Waals surface area contributed by atoms with Gasteiger partial charge in [-0.15, -0.1) is 0 Å². The van der Waals surface area contributed by atoms with E-state index in [1.165, 1.54) is 0 Å². The summed E-state index contributed by atoms with van der Waals surface area (Å²) < 4.78 is 5.21. The summed E-state index contributed by atoms with van der Waals surface area (Å²) in [6, 6.07) is 22.2. The lowest BCUT2D eigenvalue weighted by Crippen LogP contribution is -2.48. The Bertz CT molecular complexity index is 990. The van der Waals surface area contributed by atoms with Crippen LogP contribution in [0.25, 0.3) is 11.3 Å². The van der Waals surface area contributed by atoms with Gasteiger partial charge >= 0.3 is 6.09 Å². The first-order valence-corrected chi connectivity index (χ1v) is 9.02. The number of pyridine rings is 1. The summed E-state index contributed by atoms with van der Waals surface area (Å²) in [6.45, 7) is 0.147. The van der Waals surface area contributed by atoms with Crippen LogP contribution >= 0.6 is 0 Å². The van der Waals surface area contributed by atoms with Crippen LogP contribution in [0.15, 0.2) is 72.8 Å². The van der Waals surface area contributed by atoms with Crippen LogP contribution in [0.3, 0.4) is 0 Å². The van der Waals surface area contributed by atoms with Gasteiger partial charge < -0.3 is 15.4 Å². The lowest BCUT2D eigenvalue weighted by molar-refractivity contribution is -0.118. The first-order valence-electron chi connectivity index (χ1n) is 9.02. The third kappa shape index (κ3) is 4.01. The number of benzene rings is 2. The highest BCUT2D eigenvalue weighted by atomic mass is 16.5. The number of carbonyl (C=O) groups is 2. The maximum Gasteiger partial charge on any atom is 0.408 e. The summed E-state index contributed by atoms with van der Waals surface area (Å²) in [5.74, 6) is -0.279. The van der Waals surface area contributed by atoms with Crippen LogP contribution in [-0.4, -0.2) is 23.0 Å². The van der Waals surface area contributed by atoms with Gasteiger partial charge in [-0.1, -0.05) is 60.7 Å². The SMILES string of the molecule is O=C(NC1Cc2nc(-c3ccccc3)ccc2NC1=O)OCc1ccccc1. The highest BCUT2D eigenvalue weighted by Gasteiger charge is 2.29. The van der Waals surface area contributed by atoms with E-state index in [1.807, 2.05) is 72.8 Å². The topological polar surface area (TPSA) is 80.3 Å². The molecule has 2 aromatic carbocycles. The fraction of sp³-hybridized carbons (Fsp3) is 0.136. The van der Waals surface area contributed by atoms with E-state index in [1.54, 1.807) is 0 Å². The molecule has 2 amide bonds. The molecular formula is C22H19N3O3. The second-order valence-electron chi connectivity index (χ2n) is 6.51. The van der Waals surface area contributed by atoms with E-state index < -0.39 is 12.1 Å². The summed E-state index contributed by atoms with van der Waals surface area (Å²) in [4.78, 5) is 29.1. The fourth-order valence-electron chi connectivity index (χ4n) is 3.07. The predicted octanol–water partition coefficient (Wildman–Crippen LogP) is 3.54.